The van der Waals surface area contributed by atoms with Crippen molar-refractivity contribution < 1.29 is 36.6 Å². The van der Waals surface area contributed by atoms with Crippen molar-refractivity contribution in [2.45, 2.75) is 32.6 Å². The third-order valence-corrected chi connectivity index (χ3v) is 6.94. The van der Waals surface area contributed by atoms with Gasteiger partial charge in [0.2, 0.25) is 0 Å². The largest absolute Gasteiger partial charge is 0.493 e. The number of halogens is 4. The Bertz CT molecular complexity index is 1590. The van der Waals surface area contributed by atoms with E-state index >= 15 is 0 Å². The summed E-state index contributed by atoms with van der Waals surface area (Å²) in [4.78, 5) is 27.5. The van der Waals surface area contributed by atoms with Gasteiger partial charge in [0.15, 0.2) is 11.5 Å². The monoisotopic (exact) mass is 598 g/mol. The quantitative estimate of drug-likeness (QED) is 0.268. The van der Waals surface area contributed by atoms with Gasteiger partial charge in [0.25, 0.3) is 11.8 Å². The first-order valence-electron chi connectivity index (χ1n) is 13.2. The summed E-state index contributed by atoms with van der Waals surface area (Å²) < 4.78 is 63.4. The Morgan fingerprint density at radius 3 is 2.40 bits per heavy atom. The Hall–Kier alpha value is -4.87. The fourth-order valence-electron chi connectivity index (χ4n) is 4.56. The lowest BCUT2D eigenvalue weighted by molar-refractivity contribution is -0.140. The summed E-state index contributed by atoms with van der Waals surface area (Å²) in [7, 11) is 3.08. The standard InChI is InChI=1S/C31H30F4N4O4/c1-18-12-20(29(40)37-15-19-4-9-27(42-2)28(13-19)43-3)5-6-21(18)16-39-11-10-26(36)23(17-39)30(41)38-22-7-8-25(32)24(14-22)31(33,34)35/h4-9,12-14,17,36H,10-11,15-16H2,1-3H3,(H,37,40)(H,38,41). The highest BCUT2D eigenvalue weighted by molar-refractivity contribution is 6.24. The predicted octanol–water partition coefficient (Wildman–Crippen LogP) is 5.85. The molecule has 0 aliphatic carbocycles. The smallest absolute Gasteiger partial charge is 0.419 e. The molecule has 2 amide bonds. The number of rotatable bonds is 9. The average Bonchev–Trinajstić information content (AvgIpc) is 2.97. The normalized spacial score (nSPS) is 13.3. The second-order valence-corrected chi connectivity index (χ2v) is 9.90. The minimum Gasteiger partial charge on any atom is -0.493 e. The van der Waals surface area contributed by atoms with E-state index in [9.17, 15) is 27.2 Å². The number of aryl methyl sites for hydroxylation is 1. The highest BCUT2D eigenvalue weighted by Crippen LogP contribution is 2.33. The Labute approximate surface area is 245 Å². The summed E-state index contributed by atoms with van der Waals surface area (Å²) in [5, 5.41) is 13.4. The van der Waals surface area contributed by atoms with Crippen molar-refractivity contribution in [3.05, 3.63) is 100 Å². The first-order valence-corrected chi connectivity index (χ1v) is 13.2. The molecule has 0 fully saturated rings. The summed E-state index contributed by atoms with van der Waals surface area (Å²) in [6.07, 6.45) is -3.19. The van der Waals surface area contributed by atoms with Crippen molar-refractivity contribution in [2.24, 2.45) is 0 Å². The van der Waals surface area contributed by atoms with Gasteiger partial charge in [0, 0.05) is 49.2 Å². The number of ether oxygens (including phenoxy) is 2. The number of anilines is 1. The maximum Gasteiger partial charge on any atom is 0.419 e. The molecule has 3 aromatic carbocycles. The van der Waals surface area contributed by atoms with Gasteiger partial charge in [-0.1, -0.05) is 12.1 Å². The van der Waals surface area contributed by atoms with Crippen molar-refractivity contribution in [3.63, 3.8) is 0 Å². The lowest BCUT2D eigenvalue weighted by Crippen LogP contribution is -2.32. The molecule has 8 nitrogen and oxygen atoms in total. The highest BCUT2D eigenvalue weighted by atomic mass is 19.4. The summed E-state index contributed by atoms with van der Waals surface area (Å²) >= 11 is 0. The number of hydrogen-bond donors (Lipinski definition) is 3. The third kappa shape index (κ3) is 7.51. The highest BCUT2D eigenvalue weighted by Gasteiger charge is 2.34. The SMILES string of the molecule is COc1ccc(CNC(=O)c2ccc(CN3C=C(C(=O)Nc4ccc(F)c(C(F)(F)F)c4)C(=N)CC3)c(C)c2)cc1OC. The number of alkyl halides is 3. The van der Waals surface area contributed by atoms with Gasteiger partial charge in [-0.2, -0.15) is 13.2 Å². The van der Waals surface area contributed by atoms with E-state index in [-0.39, 0.29) is 35.8 Å². The maximum absolute atomic E-state index is 13.6. The van der Waals surface area contributed by atoms with Crippen molar-refractivity contribution in [1.82, 2.24) is 10.2 Å². The molecule has 0 saturated carbocycles. The van der Waals surface area contributed by atoms with Crippen LogP contribution in [0.15, 0.2) is 66.4 Å². The van der Waals surface area contributed by atoms with Crippen LogP contribution < -0.4 is 20.1 Å². The Balaban J connectivity index is 1.41. The van der Waals surface area contributed by atoms with Crippen LogP contribution in [0.1, 0.15) is 39.0 Å². The molecular formula is C31H30F4N4O4. The van der Waals surface area contributed by atoms with Gasteiger partial charge >= 0.3 is 6.18 Å². The van der Waals surface area contributed by atoms with Crippen LogP contribution in [0, 0.1) is 18.2 Å². The summed E-state index contributed by atoms with van der Waals surface area (Å²) in [5.74, 6) is -1.33. The van der Waals surface area contributed by atoms with Crippen LogP contribution in [0.4, 0.5) is 23.2 Å². The van der Waals surface area contributed by atoms with E-state index in [1.807, 2.05) is 24.0 Å². The number of benzene rings is 3. The number of nitrogens with one attached hydrogen (secondary N) is 3. The first kappa shape index (κ1) is 31.1. The number of amides is 2. The van der Waals surface area contributed by atoms with Crippen molar-refractivity contribution in [3.8, 4) is 11.5 Å². The zero-order valence-corrected chi connectivity index (χ0v) is 23.7. The van der Waals surface area contributed by atoms with Gasteiger partial charge in [0.1, 0.15) is 5.82 Å². The Kier molecular flexibility index (Phi) is 9.37. The van der Waals surface area contributed by atoms with Crippen molar-refractivity contribution in [2.75, 3.05) is 26.1 Å². The van der Waals surface area contributed by atoms with Gasteiger partial charge in [0.05, 0.1) is 25.4 Å². The number of methoxy groups -OCH3 is 2. The molecule has 1 heterocycles. The van der Waals surface area contributed by atoms with Crippen LogP contribution in [0.5, 0.6) is 11.5 Å². The van der Waals surface area contributed by atoms with Crippen LogP contribution in [0.3, 0.4) is 0 Å². The second kappa shape index (κ2) is 13.0. The molecule has 4 rings (SSSR count). The zero-order chi connectivity index (χ0) is 31.3. The predicted molar refractivity (Wildman–Crippen MR) is 153 cm³/mol. The van der Waals surface area contributed by atoms with Gasteiger partial charge < -0.3 is 30.4 Å². The number of carbonyl (C=O) groups is 2. The third-order valence-electron chi connectivity index (χ3n) is 6.94. The van der Waals surface area contributed by atoms with E-state index in [1.165, 1.54) is 13.3 Å². The van der Waals surface area contributed by atoms with E-state index in [0.717, 1.165) is 22.8 Å². The average molecular weight is 599 g/mol. The lowest BCUT2D eigenvalue weighted by Gasteiger charge is -2.27. The van der Waals surface area contributed by atoms with E-state index in [0.29, 0.717) is 42.3 Å². The molecule has 3 N–H and O–H groups in total. The summed E-state index contributed by atoms with van der Waals surface area (Å²) in [5.41, 5.74) is 1.32. The van der Waals surface area contributed by atoms with Gasteiger partial charge in [-0.05, 0) is 66.1 Å². The molecular weight excluding hydrogens is 568 g/mol. The minimum atomic E-state index is -4.92. The number of nitrogens with zero attached hydrogens (tertiary/aromatic N) is 1. The van der Waals surface area contributed by atoms with Gasteiger partial charge in [-0.15, -0.1) is 0 Å². The van der Waals surface area contributed by atoms with E-state index in [1.54, 1.807) is 31.4 Å². The summed E-state index contributed by atoms with van der Waals surface area (Å²) in [6, 6.07) is 12.8. The number of carbonyl (C=O) groups excluding carboxylic acids is 2. The Morgan fingerprint density at radius 2 is 1.72 bits per heavy atom. The van der Waals surface area contributed by atoms with Crippen molar-refractivity contribution in [1.29, 1.82) is 5.41 Å². The molecule has 0 bridgehead atoms. The maximum atomic E-state index is 13.6. The fraction of sp³-hybridized carbons (Fsp3) is 0.258. The van der Waals surface area contributed by atoms with Crippen LogP contribution in [0.2, 0.25) is 0 Å². The molecule has 12 heteroatoms. The topological polar surface area (TPSA) is 104 Å². The number of hydrogen-bond acceptors (Lipinski definition) is 6. The second-order valence-electron chi connectivity index (χ2n) is 9.90. The van der Waals surface area contributed by atoms with E-state index < -0.39 is 23.5 Å². The van der Waals surface area contributed by atoms with Crippen LogP contribution in [-0.2, 0) is 24.1 Å². The molecule has 43 heavy (non-hydrogen) atoms. The molecule has 0 atom stereocenters. The molecule has 1 aliphatic heterocycles. The van der Waals surface area contributed by atoms with Crippen LogP contribution in [0.25, 0.3) is 0 Å². The van der Waals surface area contributed by atoms with Crippen molar-refractivity contribution >= 4 is 23.2 Å². The molecule has 0 aromatic heterocycles. The molecule has 0 radical (unpaired) electrons. The van der Waals surface area contributed by atoms with Crippen LogP contribution in [-0.4, -0.2) is 43.2 Å². The van der Waals surface area contributed by atoms with Gasteiger partial charge in [-0.25, -0.2) is 4.39 Å². The molecule has 1 aliphatic rings. The van der Waals surface area contributed by atoms with E-state index in [2.05, 4.69) is 10.6 Å². The molecule has 0 spiro atoms. The Morgan fingerprint density at radius 1 is 0.977 bits per heavy atom. The van der Waals surface area contributed by atoms with E-state index in [4.69, 9.17) is 14.9 Å². The molecule has 0 unspecified atom stereocenters. The molecule has 226 valence electrons. The minimum absolute atomic E-state index is 0.00653. The first-order chi connectivity index (χ1) is 20.4. The van der Waals surface area contributed by atoms with Crippen LogP contribution >= 0.6 is 0 Å². The fourth-order valence-corrected chi connectivity index (χ4v) is 4.56. The zero-order valence-electron chi connectivity index (χ0n) is 23.7. The van der Waals surface area contributed by atoms with Gasteiger partial charge in [-0.3, -0.25) is 9.59 Å². The molecule has 3 aromatic rings. The molecule has 0 saturated heterocycles. The summed E-state index contributed by atoms with van der Waals surface area (Å²) in [6.45, 7) is 2.96. The lowest BCUT2D eigenvalue weighted by atomic mass is 10.0.